The Morgan fingerprint density at radius 3 is 2.67 bits per heavy atom. The van der Waals surface area contributed by atoms with Gasteiger partial charge in [0.1, 0.15) is 0 Å². The normalized spacial score (nSPS) is 11.2. The third kappa shape index (κ3) is 3.14. The molecule has 0 unspecified atom stereocenters. The van der Waals surface area contributed by atoms with E-state index in [1.54, 1.807) is 0 Å². The van der Waals surface area contributed by atoms with Crippen molar-refractivity contribution >= 4 is 10.9 Å². The summed E-state index contributed by atoms with van der Waals surface area (Å²) in [5.74, 6) is 0. The van der Waals surface area contributed by atoms with Gasteiger partial charge in [0.2, 0.25) is 0 Å². The largest absolute Gasteiger partial charge is 0.392 e. The van der Waals surface area contributed by atoms with Crippen LogP contribution < -0.4 is 0 Å². The highest BCUT2D eigenvalue weighted by Gasteiger charge is 2.02. The lowest BCUT2D eigenvalue weighted by atomic mass is 10.1. The van der Waals surface area contributed by atoms with E-state index in [0.717, 1.165) is 12.1 Å². The molecule has 2 nitrogen and oxygen atoms in total. The zero-order valence-electron chi connectivity index (χ0n) is 11.2. The van der Waals surface area contributed by atoms with Crippen molar-refractivity contribution < 1.29 is 5.11 Å². The highest BCUT2D eigenvalue weighted by Crippen LogP contribution is 2.18. The molecule has 0 saturated heterocycles. The first kappa shape index (κ1) is 13.2. The van der Waals surface area contributed by atoms with Crippen LogP contribution in [0.3, 0.4) is 0 Å². The van der Waals surface area contributed by atoms with E-state index in [0.29, 0.717) is 0 Å². The Bertz CT molecular complexity index is 487. The predicted octanol–water partition coefficient (Wildman–Crippen LogP) is 4.10. The molecule has 0 atom stereocenters. The van der Waals surface area contributed by atoms with Gasteiger partial charge in [0, 0.05) is 18.3 Å². The number of aromatic nitrogens is 1. The van der Waals surface area contributed by atoms with Crippen LogP contribution in [0.15, 0.2) is 30.5 Å². The van der Waals surface area contributed by atoms with Crippen LogP contribution in [0.2, 0.25) is 0 Å². The van der Waals surface area contributed by atoms with Gasteiger partial charge < -0.3 is 9.67 Å². The summed E-state index contributed by atoms with van der Waals surface area (Å²) in [5, 5.41) is 10.5. The molecule has 0 aliphatic heterocycles. The number of aryl methyl sites for hydroxylation is 1. The molecule has 1 aromatic heterocycles. The van der Waals surface area contributed by atoms with Crippen molar-refractivity contribution in [3.63, 3.8) is 0 Å². The van der Waals surface area contributed by atoms with Crippen LogP contribution in [0.4, 0.5) is 0 Å². The SMILES string of the molecule is CCCCCCCn1ccc2ccc(CO)cc21. The Balaban J connectivity index is 1.99. The molecule has 2 rings (SSSR count). The summed E-state index contributed by atoms with van der Waals surface area (Å²) in [7, 11) is 0. The van der Waals surface area contributed by atoms with Crippen LogP contribution in [-0.4, -0.2) is 9.67 Å². The average molecular weight is 245 g/mol. The second kappa shape index (κ2) is 6.60. The summed E-state index contributed by atoms with van der Waals surface area (Å²) in [5.41, 5.74) is 2.24. The maximum atomic E-state index is 9.19. The second-order valence-electron chi connectivity index (χ2n) is 4.97. The molecule has 2 aromatic rings. The molecular formula is C16H23NO. The van der Waals surface area contributed by atoms with Gasteiger partial charge >= 0.3 is 0 Å². The molecule has 0 bridgehead atoms. The van der Waals surface area contributed by atoms with Gasteiger partial charge in [-0.3, -0.25) is 0 Å². The summed E-state index contributed by atoms with van der Waals surface area (Å²) in [6.45, 7) is 3.45. The van der Waals surface area contributed by atoms with E-state index in [1.807, 2.05) is 6.07 Å². The number of aliphatic hydroxyl groups excluding tert-OH is 1. The molecule has 2 heteroatoms. The molecule has 1 aromatic carbocycles. The standard InChI is InChI=1S/C16H23NO/c1-2-3-4-5-6-10-17-11-9-15-8-7-14(13-18)12-16(15)17/h7-9,11-12,18H,2-6,10,13H2,1H3. The van der Waals surface area contributed by atoms with Crippen LogP contribution in [0.25, 0.3) is 10.9 Å². The first-order valence-corrected chi connectivity index (χ1v) is 7.03. The fourth-order valence-electron chi connectivity index (χ4n) is 2.41. The lowest BCUT2D eigenvalue weighted by Crippen LogP contribution is -1.96. The summed E-state index contributed by atoms with van der Waals surface area (Å²) in [6, 6.07) is 8.34. The molecule has 0 amide bonds. The number of fused-ring (bicyclic) bond motifs is 1. The van der Waals surface area contributed by atoms with Gasteiger partial charge in [0.15, 0.2) is 0 Å². The molecular weight excluding hydrogens is 222 g/mol. The number of rotatable bonds is 7. The lowest BCUT2D eigenvalue weighted by Gasteiger charge is -2.06. The van der Waals surface area contributed by atoms with E-state index in [4.69, 9.17) is 0 Å². The Morgan fingerprint density at radius 2 is 1.89 bits per heavy atom. The summed E-state index contributed by atoms with van der Waals surface area (Å²) < 4.78 is 2.31. The summed E-state index contributed by atoms with van der Waals surface area (Å²) in [4.78, 5) is 0. The fraction of sp³-hybridized carbons (Fsp3) is 0.500. The Morgan fingerprint density at radius 1 is 1.06 bits per heavy atom. The highest BCUT2D eigenvalue weighted by atomic mass is 16.3. The van der Waals surface area contributed by atoms with Gasteiger partial charge in [-0.25, -0.2) is 0 Å². The van der Waals surface area contributed by atoms with Crippen LogP contribution in [-0.2, 0) is 13.2 Å². The molecule has 1 N–H and O–H groups in total. The summed E-state index contributed by atoms with van der Waals surface area (Å²) >= 11 is 0. The smallest absolute Gasteiger partial charge is 0.0682 e. The Labute approximate surface area is 109 Å². The molecule has 0 aliphatic rings. The molecule has 1 heterocycles. The molecule has 0 radical (unpaired) electrons. The van der Waals surface area contributed by atoms with Crippen molar-refractivity contribution in [3.8, 4) is 0 Å². The van der Waals surface area contributed by atoms with Crippen molar-refractivity contribution in [1.29, 1.82) is 0 Å². The molecule has 0 saturated carbocycles. The number of hydrogen-bond acceptors (Lipinski definition) is 1. The van der Waals surface area contributed by atoms with Gasteiger partial charge in [0.25, 0.3) is 0 Å². The number of unbranched alkanes of at least 4 members (excludes halogenated alkanes) is 4. The molecule has 0 spiro atoms. The first-order chi connectivity index (χ1) is 8.85. The third-order valence-corrected chi connectivity index (χ3v) is 3.52. The van der Waals surface area contributed by atoms with Crippen molar-refractivity contribution in [2.75, 3.05) is 0 Å². The van der Waals surface area contributed by atoms with Crippen LogP contribution in [0.1, 0.15) is 44.6 Å². The molecule has 18 heavy (non-hydrogen) atoms. The molecule has 0 fully saturated rings. The molecule has 98 valence electrons. The monoisotopic (exact) mass is 245 g/mol. The van der Waals surface area contributed by atoms with Gasteiger partial charge in [0.05, 0.1) is 6.61 Å². The van der Waals surface area contributed by atoms with Gasteiger partial charge in [-0.05, 0) is 29.5 Å². The van der Waals surface area contributed by atoms with E-state index >= 15 is 0 Å². The van der Waals surface area contributed by atoms with Gasteiger partial charge in [-0.15, -0.1) is 0 Å². The van der Waals surface area contributed by atoms with Crippen LogP contribution in [0, 0.1) is 0 Å². The number of aliphatic hydroxyl groups is 1. The fourth-order valence-corrected chi connectivity index (χ4v) is 2.41. The maximum absolute atomic E-state index is 9.19. The minimum Gasteiger partial charge on any atom is -0.392 e. The summed E-state index contributed by atoms with van der Waals surface area (Å²) in [6.07, 6.45) is 8.71. The Kier molecular flexibility index (Phi) is 4.82. The predicted molar refractivity (Wildman–Crippen MR) is 76.6 cm³/mol. The van der Waals surface area contributed by atoms with Gasteiger partial charge in [-0.1, -0.05) is 44.7 Å². The number of nitrogens with zero attached hydrogens (tertiary/aromatic N) is 1. The second-order valence-corrected chi connectivity index (χ2v) is 4.97. The third-order valence-electron chi connectivity index (χ3n) is 3.52. The number of benzene rings is 1. The topological polar surface area (TPSA) is 25.2 Å². The maximum Gasteiger partial charge on any atom is 0.0682 e. The minimum absolute atomic E-state index is 0.123. The van der Waals surface area contributed by atoms with E-state index in [9.17, 15) is 5.11 Å². The highest BCUT2D eigenvalue weighted by molar-refractivity contribution is 5.80. The van der Waals surface area contributed by atoms with Crippen LogP contribution in [0.5, 0.6) is 0 Å². The lowest BCUT2D eigenvalue weighted by molar-refractivity contribution is 0.282. The Hall–Kier alpha value is -1.28. The first-order valence-electron chi connectivity index (χ1n) is 7.03. The van der Waals surface area contributed by atoms with E-state index < -0.39 is 0 Å². The van der Waals surface area contributed by atoms with Crippen molar-refractivity contribution in [2.45, 2.75) is 52.2 Å². The van der Waals surface area contributed by atoms with E-state index in [2.05, 4.69) is 35.9 Å². The zero-order valence-corrected chi connectivity index (χ0v) is 11.2. The van der Waals surface area contributed by atoms with Crippen LogP contribution >= 0.6 is 0 Å². The minimum atomic E-state index is 0.123. The quantitative estimate of drug-likeness (QED) is 0.730. The van der Waals surface area contributed by atoms with Crippen molar-refractivity contribution in [2.24, 2.45) is 0 Å². The number of hydrogen-bond donors (Lipinski definition) is 1. The van der Waals surface area contributed by atoms with E-state index in [-0.39, 0.29) is 6.61 Å². The van der Waals surface area contributed by atoms with Gasteiger partial charge in [-0.2, -0.15) is 0 Å². The average Bonchev–Trinajstić information content (AvgIpc) is 2.81. The molecule has 0 aliphatic carbocycles. The van der Waals surface area contributed by atoms with E-state index in [1.165, 1.54) is 43.0 Å². The van der Waals surface area contributed by atoms with Crippen molar-refractivity contribution in [1.82, 2.24) is 4.57 Å². The van der Waals surface area contributed by atoms with Crippen molar-refractivity contribution in [3.05, 3.63) is 36.0 Å². The zero-order chi connectivity index (χ0) is 12.8.